The Morgan fingerprint density at radius 2 is 1.89 bits per heavy atom. The second-order valence-corrected chi connectivity index (χ2v) is 7.00. The van der Waals surface area contributed by atoms with Crippen molar-refractivity contribution in [1.29, 1.82) is 0 Å². The number of carbonyl (C=O) groups excluding carboxylic acids is 1. The highest BCUT2D eigenvalue weighted by Crippen LogP contribution is 2.25. The molecule has 3 nitrogen and oxygen atoms in total. The summed E-state index contributed by atoms with van der Waals surface area (Å²) in [5.74, 6) is 1.64. The molecule has 1 aliphatic rings. The molecular weight excluding hydrogens is 238 g/mol. The van der Waals surface area contributed by atoms with E-state index in [1.165, 1.54) is 19.3 Å². The molecule has 1 fully saturated rings. The van der Waals surface area contributed by atoms with Crippen LogP contribution in [0.25, 0.3) is 0 Å². The Morgan fingerprint density at radius 3 is 2.37 bits per heavy atom. The van der Waals surface area contributed by atoms with Gasteiger partial charge in [0, 0.05) is 13.1 Å². The van der Waals surface area contributed by atoms with Crippen LogP contribution in [-0.2, 0) is 4.74 Å². The molecule has 0 radical (unpaired) electrons. The number of hydrogen-bond donors (Lipinski definition) is 0. The summed E-state index contributed by atoms with van der Waals surface area (Å²) in [4.78, 5) is 13.8. The van der Waals surface area contributed by atoms with Crippen molar-refractivity contribution >= 4 is 6.09 Å². The molecule has 0 aliphatic carbocycles. The van der Waals surface area contributed by atoms with Crippen LogP contribution in [-0.4, -0.2) is 29.7 Å². The van der Waals surface area contributed by atoms with Gasteiger partial charge in [0.2, 0.25) is 0 Å². The quantitative estimate of drug-likeness (QED) is 0.754. The summed E-state index contributed by atoms with van der Waals surface area (Å²) in [6.07, 6.45) is 6.04. The summed E-state index contributed by atoms with van der Waals surface area (Å²) in [6.45, 7) is 12.1. The van der Waals surface area contributed by atoms with Crippen LogP contribution < -0.4 is 0 Å². The van der Waals surface area contributed by atoms with Crippen LogP contribution in [0, 0.1) is 11.8 Å². The number of piperidine rings is 1. The Bertz CT molecular complexity index is 275. The highest BCUT2D eigenvalue weighted by molar-refractivity contribution is 5.68. The summed E-state index contributed by atoms with van der Waals surface area (Å²) < 4.78 is 5.42. The maximum absolute atomic E-state index is 11.9. The van der Waals surface area contributed by atoms with Gasteiger partial charge in [-0.3, -0.25) is 0 Å². The average Bonchev–Trinajstić information content (AvgIpc) is 2.34. The molecular formula is C16H31NO2. The first kappa shape index (κ1) is 16.3. The van der Waals surface area contributed by atoms with Gasteiger partial charge in [0.05, 0.1) is 0 Å². The fraction of sp³-hybridized carbons (Fsp3) is 0.938. The molecule has 0 aromatic rings. The first-order valence-corrected chi connectivity index (χ1v) is 7.79. The predicted octanol–water partition coefficient (Wildman–Crippen LogP) is 4.46. The summed E-state index contributed by atoms with van der Waals surface area (Å²) in [5, 5.41) is 0. The smallest absolute Gasteiger partial charge is 0.410 e. The third-order valence-electron chi connectivity index (χ3n) is 4.03. The molecule has 1 aliphatic heterocycles. The van der Waals surface area contributed by atoms with Crippen molar-refractivity contribution < 1.29 is 9.53 Å². The molecule has 1 atom stereocenters. The molecule has 0 bridgehead atoms. The van der Waals surface area contributed by atoms with Gasteiger partial charge < -0.3 is 9.64 Å². The molecule has 19 heavy (non-hydrogen) atoms. The van der Waals surface area contributed by atoms with Gasteiger partial charge in [-0.2, -0.15) is 0 Å². The van der Waals surface area contributed by atoms with Crippen molar-refractivity contribution in [3.05, 3.63) is 0 Å². The minimum absolute atomic E-state index is 0.145. The third-order valence-corrected chi connectivity index (χ3v) is 4.03. The van der Waals surface area contributed by atoms with E-state index in [1.54, 1.807) is 0 Å². The lowest BCUT2D eigenvalue weighted by atomic mass is 9.89. The molecule has 3 heteroatoms. The molecule has 1 saturated heterocycles. The molecule has 0 unspecified atom stereocenters. The van der Waals surface area contributed by atoms with Crippen molar-refractivity contribution in [3.63, 3.8) is 0 Å². The van der Waals surface area contributed by atoms with E-state index in [4.69, 9.17) is 4.74 Å². The van der Waals surface area contributed by atoms with Crippen LogP contribution in [0.2, 0.25) is 0 Å². The van der Waals surface area contributed by atoms with E-state index in [1.807, 2.05) is 25.7 Å². The third kappa shape index (κ3) is 6.31. The molecule has 0 saturated carbocycles. The number of hydrogen-bond acceptors (Lipinski definition) is 2. The van der Waals surface area contributed by atoms with Gasteiger partial charge in [0.15, 0.2) is 0 Å². The first-order valence-electron chi connectivity index (χ1n) is 7.79. The second kappa shape index (κ2) is 7.16. The second-order valence-electron chi connectivity index (χ2n) is 7.00. The molecule has 0 aromatic carbocycles. The highest BCUT2D eigenvalue weighted by atomic mass is 16.6. The van der Waals surface area contributed by atoms with Gasteiger partial charge in [-0.05, 0) is 45.4 Å². The summed E-state index contributed by atoms with van der Waals surface area (Å²) >= 11 is 0. The van der Waals surface area contributed by atoms with Crippen LogP contribution >= 0.6 is 0 Å². The Labute approximate surface area is 118 Å². The van der Waals surface area contributed by atoms with Crippen molar-refractivity contribution in [2.75, 3.05) is 13.1 Å². The maximum atomic E-state index is 11.9. The molecule has 0 spiro atoms. The predicted molar refractivity (Wildman–Crippen MR) is 79.2 cm³/mol. The van der Waals surface area contributed by atoms with Gasteiger partial charge in [-0.25, -0.2) is 4.79 Å². The molecule has 0 aromatic heterocycles. The minimum atomic E-state index is -0.384. The maximum Gasteiger partial charge on any atom is 0.410 e. The van der Waals surface area contributed by atoms with Crippen molar-refractivity contribution in [1.82, 2.24) is 4.90 Å². The van der Waals surface area contributed by atoms with Crippen LogP contribution in [0.5, 0.6) is 0 Å². The Hall–Kier alpha value is -0.730. The van der Waals surface area contributed by atoms with E-state index < -0.39 is 0 Å². The Kier molecular flexibility index (Phi) is 6.15. The monoisotopic (exact) mass is 269 g/mol. The van der Waals surface area contributed by atoms with E-state index in [-0.39, 0.29) is 11.7 Å². The van der Waals surface area contributed by atoms with Crippen molar-refractivity contribution in [2.24, 2.45) is 11.8 Å². The number of carbonyl (C=O) groups is 1. The highest BCUT2D eigenvalue weighted by Gasteiger charge is 2.26. The van der Waals surface area contributed by atoms with Gasteiger partial charge in [-0.15, -0.1) is 0 Å². The molecule has 1 rings (SSSR count). The number of ether oxygens (including phenoxy) is 1. The fourth-order valence-corrected chi connectivity index (χ4v) is 2.46. The number of likely N-dealkylation sites (tertiary alicyclic amines) is 1. The standard InChI is InChI=1S/C16H31NO2/c1-6-13(2)7-8-14-9-11-17(12-10-14)15(18)19-16(3,4)5/h13-14H,6-12H2,1-5H3/t13-/m1/s1. The van der Waals surface area contributed by atoms with E-state index in [9.17, 15) is 4.79 Å². The van der Waals surface area contributed by atoms with Crippen LogP contribution in [0.1, 0.15) is 66.7 Å². The van der Waals surface area contributed by atoms with E-state index >= 15 is 0 Å². The van der Waals surface area contributed by atoms with E-state index in [2.05, 4.69) is 13.8 Å². The van der Waals surface area contributed by atoms with Crippen molar-refractivity contribution in [2.45, 2.75) is 72.3 Å². The zero-order valence-corrected chi connectivity index (χ0v) is 13.4. The number of rotatable bonds is 4. The normalized spacial score (nSPS) is 19.3. The number of nitrogens with zero attached hydrogens (tertiary/aromatic N) is 1. The largest absolute Gasteiger partial charge is 0.444 e. The minimum Gasteiger partial charge on any atom is -0.444 e. The summed E-state index contributed by atoms with van der Waals surface area (Å²) in [7, 11) is 0. The van der Waals surface area contributed by atoms with Gasteiger partial charge in [0.25, 0.3) is 0 Å². The first-order chi connectivity index (χ1) is 8.81. The molecule has 1 amide bonds. The summed E-state index contributed by atoms with van der Waals surface area (Å²) in [6, 6.07) is 0. The lowest BCUT2D eigenvalue weighted by Gasteiger charge is -2.33. The Balaban J connectivity index is 2.27. The van der Waals surface area contributed by atoms with Gasteiger partial charge >= 0.3 is 6.09 Å². The van der Waals surface area contributed by atoms with Gasteiger partial charge in [-0.1, -0.05) is 33.1 Å². The van der Waals surface area contributed by atoms with Gasteiger partial charge in [0.1, 0.15) is 5.60 Å². The lowest BCUT2D eigenvalue weighted by Crippen LogP contribution is -2.41. The lowest BCUT2D eigenvalue weighted by molar-refractivity contribution is 0.0179. The number of amides is 1. The van der Waals surface area contributed by atoms with E-state index in [0.29, 0.717) is 0 Å². The SMILES string of the molecule is CC[C@@H](C)CCC1CCN(C(=O)OC(C)(C)C)CC1. The summed E-state index contributed by atoms with van der Waals surface area (Å²) in [5.41, 5.74) is -0.384. The molecule has 0 N–H and O–H groups in total. The van der Waals surface area contributed by atoms with Crippen LogP contribution in [0.15, 0.2) is 0 Å². The van der Waals surface area contributed by atoms with Crippen LogP contribution in [0.4, 0.5) is 4.79 Å². The van der Waals surface area contributed by atoms with Crippen LogP contribution in [0.3, 0.4) is 0 Å². The fourth-order valence-electron chi connectivity index (χ4n) is 2.46. The van der Waals surface area contributed by atoms with Crippen molar-refractivity contribution in [3.8, 4) is 0 Å². The topological polar surface area (TPSA) is 29.5 Å². The molecule has 112 valence electrons. The zero-order chi connectivity index (χ0) is 14.5. The Morgan fingerprint density at radius 1 is 1.32 bits per heavy atom. The van der Waals surface area contributed by atoms with E-state index in [0.717, 1.165) is 37.8 Å². The zero-order valence-electron chi connectivity index (χ0n) is 13.4. The molecule has 1 heterocycles. The average molecular weight is 269 g/mol.